The van der Waals surface area contributed by atoms with E-state index in [4.69, 9.17) is 19.6 Å². The van der Waals surface area contributed by atoms with Gasteiger partial charge in [-0.05, 0) is 60.5 Å². The van der Waals surface area contributed by atoms with Crippen LogP contribution in [0.2, 0.25) is 0 Å². The Kier molecular flexibility index (Phi) is 7.84. The fourth-order valence-electron chi connectivity index (χ4n) is 5.47. The van der Waals surface area contributed by atoms with Crippen molar-refractivity contribution in [1.82, 2.24) is 9.99 Å². The van der Waals surface area contributed by atoms with E-state index in [1.165, 1.54) is 0 Å². The minimum absolute atomic E-state index is 0.245. The average molecular weight is 685 g/mol. The second-order valence-electron chi connectivity index (χ2n) is 10.0. The SMILES string of the molecule is COc1cc(OC)cc(C(=O)N2N=C(c3c(C)nc4ccc(Br)cc4c3-c3ccccc3)C[C@@H]2c2ccc(Br)cc2)c1. The summed E-state index contributed by atoms with van der Waals surface area (Å²) in [6, 6.07) is 29.3. The third-order valence-corrected chi connectivity index (χ3v) is 8.47. The van der Waals surface area contributed by atoms with Crippen LogP contribution >= 0.6 is 31.9 Å². The number of amides is 1. The van der Waals surface area contributed by atoms with E-state index in [1.54, 1.807) is 37.4 Å². The van der Waals surface area contributed by atoms with E-state index in [0.29, 0.717) is 23.5 Å². The molecule has 1 aliphatic rings. The molecule has 0 saturated heterocycles. The van der Waals surface area contributed by atoms with E-state index in [2.05, 4.69) is 50.1 Å². The Morgan fingerprint density at radius 3 is 2.17 bits per heavy atom. The van der Waals surface area contributed by atoms with Crippen molar-refractivity contribution in [2.75, 3.05) is 14.2 Å². The van der Waals surface area contributed by atoms with E-state index in [1.807, 2.05) is 61.5 Å². The number of hydrogen-bond acceptors (Lipinski definition) is 5. The smallest absolute Gasteiger partial charge is 0.274 e. The number of rotatable bonds is 6. The molecule has 1 aromatic heterocycles. The number of nitrogens with zero attached hydrogens (tertiary/aromatic N) is 3. The fraction of sp³-hybridized carbons (Fsp3) is 0.147. The van der Waals surface area contributed by atoms with Gasteiger partial charge in [0.25, 0.3) is 5.91 Å². The number of ether oxygens (including phenoxy) is 2. The number of fused-ring (bicyclic) bond motifs is 1. The lowest BCUT2D eigenvalue weighted by Crippen LogP contribution is -2.27. The molecule has 0 saturated carbocycles. The van der Waals surface area contributed by atoms with Crippen LogP contribution in [0, 0.1) is 6.92 Å². The molecule has 0 N–H and O–H groups in total. The van der Waals surface area contributed by atoms with Crippen molar-refractivity contribution in [3.63, 3.8) is 0 Å². The molecule has 42 heavy (non-hydrogen) atoms. The monoisotopic (exact) mass is 683 g/mol. The maximum atomic E-state index is 14.2. The molecule has 6 rings (SSSR count). The Morgan fingerprint density at radius 1 is 0.833 bits per heavy atom. The topological polar surface area (TPSA) is 64.0 Å². The quantitative estimate of drug-likeness (QED) is 0.179. The normalized spacial score (nSPS) is 14.6. The number of aryl methyl sites for hydroxylation is 1. The van der Waals surface area contributed by atoms with Gasteiger partial charge >= 0.3 is 0 Å². The highest BCUT2D eigenvalue weighted by atomic mass is 79.9. The van der Waals surface area contributed by atoms with Crippen LogP contribution in [-0.2, 0) is 0 Å². The fourth-order valence-corrected chi connectivity index (χ4v) is 6.10. The molecule has 0 bridgehead atoms. The van der Waals surface area contributed by atoms with Gasteiger partial charge in [0.15, 0.2) is 0 Å². The molecule has 4 aromatic carbocycles. The minimum Gasteiger partial charge on any atom is -0.497 e. The number of halogens is 2. The molecule has 0 fully saturated rings. The number of methoxy groups -OCH3 is 2. The molecular weight excluding hydrogens is 658 g/mol. The van der Waals surface area contributed by atoms with Gasteiger partial charge in [0.1, 0.15) is 11.5 Å². The van der Waals surface area contributed by atoms with Crippen LogP contribution in [0.3, 0.4) is 0 Å². The van der Waals surface area contributed by atoms with Crippen molar-refractivity contribution in [3.8, 4) is 22.6 Å². The lowest BCUT2D eigenvalue weighted by Gasteiger charge is -2.22. The third kappa shape index (κ3) is 5.32. The van der Waals surface area contributed by atoms with E-state index in [-0.39, 0.29) is 11.9 Å². The number of hydrazone groups is 1. The van der Waals surface area contributed by atoms with Gasteiger partial charge in [-0.25, -0.2) is 5.01 Å². The van der Waals surface area contributed by atoms with Crippen LogP contribution in [0.4, 0.5) is 0 Å². The summed E-state index contributed by atoms with van der Waals surface area (Å²) in [6.45, 7) is 2.01. The van der Waals surface area contributed by atoms with E-state index in [9.17, 15) is 4.79 Å². The van der Waals surface area contributed by atoms with Crippen LogP contribution in [0.25, 0.3) is 22.0 Å². The summed E-state index contributed by atoms with van der Waals surface area (Å²) in [5.41, 5.74) is 7.02. The third-order valence-electron chi connectivity index (χ3n) is 7.45. The molecule has 5 aromatic rings. The first-order valence-electron chi connectivity index (χ1n) is 13.4. The number of hydrogen-bond donors (Lipinski definition) is 0. The van der Waals surface area contributed by atoms with Gasteiger partial charge in [-0.3, -0.25) is 9.78 Å². The molecule has 1 atom stereocenters. The summed E-state index contributed by atoms with van der Waals surface area (Å²) in [5, 5.41) is 7.66. The minimum atomic E-state index is -0.320. The zero-order chi connectivity index (χ0) is 29.4. The molecule has 0 unspecified atom stereocenters. The average Bonchev–Trinajstić information content (AvgIpc) is 3.45. The molecule has 210 valence electrons. The highest BCUT2D eigenvalue weighted by Crippen LogP contribution is 2.41. The summed E-state index contributed by atoms with van der Waals surface area (Å²) in [7, 11) is 3.14. The van der Waals surface area contributed by atoms with Crippen molar-refractivity contribution < 1.29 is 14.3 Å². The van der Waals surface area contributed by atoms with Gasteiger partial charge in [-0.2, -0.15) is 5.10 Å². The van der Waals surface area contributed by atoms with Crippen molar-refractivity contribution in [3.05, 3.63) is 122 Å². The first-order valence-corrected chi connectivity index (χ1v) is 15.0. The predicted octanol–water partition coefficient (Wildman–Crippen LogP) is 8.74. The summed E-state index contributed by atoms with van der Waals surface area (Å²) in [6.07, 6.45) is 0.524. The highest BCUT2D eigenvalue weighted by Gasteiger charge is 2.36. The van der Waals surface area contributed by atoms with Crippen molar-refractivity contribution >= 4 is 54.4 Å². The van der Waals surface area contributed by atoms with Crippen molar-refractivity contribution in [2.45, 2.75) is 19.4 Å². The zero-order valence-electron chi connectivity index (χ0n) is 23.3. The Morgan fingerprint density at radius 2 is 1.50 bits per heavy atom. The van der Waals surface area contributed by atoms with E-state index < -0.39 is 0 Å². The molecule has 1 amide bonds. The number of carbonyl (C=O) groups is 1. The standard InChI is InChI=1S/C34H27Br2N3O3/c1-20-32(33(22-7-5-4-6-8-22)28-17-25(36)13-14-29(28)37-20)30-19-31(21-9-11-24(35)12-10-21)39(38-30)34(40)23-15-26(41-2)18-27(16-23)42-3/h4-18,31H,19H2,1-3H3/t31-/m1/s1. The lowest BCUT2D eigenvalue weighted by atomic mass is 9.89. The number of pyridine rings is 1. The molecule has 8 heteroatoms. The Bertz CT molecular complexity index is 1820. The second-order valence-corrected chi connectivity index (χ2v) is 11.9. The zero-order valence-corrected chi connectivity index (χ0v) is 26.4. The number of aromatic nitrogens is 1. The predicted molar refractivity (Wildman–Crippen MR) is 173 cm³/mol. The first-order chi connectivity index (χ1) is 20.4. The summed E-state index contributed by atoms with van der Waals surface area (Å²) in [4.78, 5) is 19.2. The second kappa shape index (κ2) is 11.7. The van der Waals surface area contributed by atoms with Gasteiger partial charge in [-0.1, -0.05) is 74.3 Å². The molecule has 2 heterocycles. The van der Waals surface area contributed by atoms with Gasteiger partial charge in [0.05, 0.1) is 31.5 Å². The Hall–Kier alpha value is -4.01. The number of benzene rings is 4. The first kappa shape index (κ1) is 28.1. The summed E-state index contributed by atoms with van der Waals surface area (Å²) < 4.78 is 12.8. The van der Waals surface area contributed by atoms with Crippen LogP contribution in [0.15, 0.2) is 105 Å². The van der Waals surface area contributed by atoms with Gasteiger partial charge in [-0.15, -0.1) is 0 Å². The van der Waals surface area contributed by atoms with Crippen LogP contribution in [-0.4, -0.2) is 35.8 Å². The van der Waals surface area contributed by atoms with Gasteiger partial charge in [0.2, 0.25) is 0 Å². The van der Waals surface area contributed by atoms with Crippen molar-refractivity contribution in [2.24, 2.45) is 5.10 Å². The van der Waals surface area contributed by atoms with Gasteiger partial charge in [0, 0.05) is 49.2 Å². The Labute approximate surface area is 261 Å². The Balaban J connectivity index is 1.56. The maximum absolute atomic E-state index is 14.2. The van der Waals surface area contributed by atoms with Gasteiger partial charge < -0.3 is 9.47 Å². The molecule has 1 aliphatic heterocycles. The molecular formula is C34H27Br2N3O3. The summed E-state index contributed by atoms with van der Waals surface area (Å²) in [5.74, 6) is 0.825. The maximum Gasteiger partial charge on any atom is 0.274 e. The largest absolute Gasteiger partial charge is 0.497 e. The summed E-state index contributed by atoms with van der Waals surface area (Å²) >= 11 is 7.19. The highest BCUT2D eigenvalue weighted by molar-refractivity contribution is 9.10. The molecule has 0 radical (unpaired) electrons. The van der Waals surface area contributed by atoms with Crippen LogP contribution in [0.5, 0.6) is 11.5 Å². The lowest BCUT2D eigenvalue weighted by molar-refractivity contribution is 0.0710. The van der Waals surface area contributed by atoms with Crippen molar-refractivity contribution in [1.29, 1.82) is 0 Å². The molecule has 6 nitrogen and oxygen atoms in total. The van der Waals surface area contributed by atoms with Crippen LogP contribution < -0.4 is 9.47 Å². The van der Waals surface area contributed by atoms with Crippen LogP contribution in [0.1, 0.15) is 39.6 Å². The van der Waals surface area contributed by atoms with E-state index >= 15 is 0 Å². The van der Waals surface area contributed by atoms with E-state index in [0.717, 1.165) is 53.5 Å². The molecule has 0 spiro atoms. The molecule has 0 aliphatic carbocycles. The number of carbonyl (C=O) groups excluding carboxylic acids is 1.